The molecule has 5 nitrogen and oxygen atoms in total. The van der Waals surface area contributed by atoms with Crippen LogP contribution in [0.1, 0.15) is 29.7 Å². The molecule has 5 heteroatoms. The van der Waals surface area contributed by atoms with Gasteiger partial charge in [-0.1, -0.05) is 42.5 Å². The zero-order valence-corrected chi connectivity index (χ0v) is 16.1. The lowest BCUT2D eigenvalue weighted by atomic mass is 10.1. The third-order valence-corrected chi connectivity index (χ3v) is 4.36. The van der Waals surface area contributed by atoms with Gasteiger partial charge in [-0.15, -0.1) is 0 Å². The molecule has 1 amide bonds. The summed E-state index contributed by atoms with van der Waals surface area (Å²) in [5.74, 6) is 0.307. The number of benzene rings is 2. The normalized spacial score (nSPS) is 11.9. The SMILES string of the molecule is CC(NC(=O)/C(C#N)=C/c1ccc(OCc2ccncc2)cc1)c1ccccc1. The van der Waals surface area contributed by atoms with Crippen molar-refractivity contribution in [1.29, 1.82) is 5.26 Å². The second-order valence-corrected chi connectivity index (χ2v) is 6.49. The minimum absolute atomic E-state index is 0.0539. The lowest BCUT2D eigenvalue weighted by molar-refractivity contribution is -0.117. The molecule has 2 aromatic carbocycles. The number of nitrogens with zero attached hydrogens (tertiary/aromatic N) is 2. The zero-order chi connectivity index (χ0) is 20.5. The van der Waals surface area contributed by atoms with Gasteiger partial charge in [0.1, 0.15) is 24.0 Å². The Morgan fingerprint density at radius 2 is 1.79 bits per heavy atom. The number of ether oxygens (including phenoxy) is 1. The summed E-state index contributed by atoms with van der Waals surface area (Å²) in [7, 11) is 0. The maximum Gasteiger partial charge on any atom is 0.262 e. The van der Waals surface area contributed by atoms with Crippen molar-refractivity contribution in [2.24, 2.45) is 0 Å². The fraction of sp³-hybridized carbons (Fsp3) is 0.125. The molecular weight excluding hydrogens is 362 g/mol. The van der Waals surface area contributed by atoms with Crippen molar-refractivity contribution in [2.45, 2.75) is 19.6 Å². The van der Waals surface area contributed by atoms with E-state index in [-0.39, 0.29) is 11.6 Å². The fourth-order valence-corrected chi connectivity index (χ4v) is 2.72. The number of aromatic nitrogens is 1. The highest BCUT2D eigenvalue weighted by Crippen LogP contribution is 2.17. The van der Waals surface area contributed by atoms with E-state index in [0.29, 0.717) is 12.4 Å². The Morgan fingerprint density at radius 3 is 2.45 bits per heavy atom. The number of pyridine rings is 1. The molecule has 1 heterocycles. The number of amides is 1. The Balaban J connectivity index is 1.62. The Hall–Kier alpha value is -3.91. The van der Waals surface area contributed by atoms with Crippen molar-refractivity contribution in [3.8, 4) is 11.8 Å². The van der Waals surface area contributed by atoms with Crippen molar-refractivity contribution in [2.75, 3.05) is 0 Å². The first kappa shape index (κ1) is 19.8. The van der Waals surface area contributed by atoms with Crippen LogP contribution in [0, 0.1) is 11.3 Å². The van der Waals surface area contributed by atoms with Crippen molar-refractivity contribution < 1.29 is 9.53 Å². The molecular formula is C24H21N3O2. The van der Waals surface area contributed by atoms with E-state index < -0.39 is 5.91 Å². The number of nitriles is 1. The second kappa shape index (κ2) is 9.86. The summed E-state index contributed by atoms with van der Waals surface area (Å²) in [5.41, 5.74) is 2.81. The number of hydrogen-bond acceptors (Lipinski definition) is 4. The third kappa shape index (κ3) is 5.78. The van der Waals surface area contributed by atoms with Gasteiger partial charge in [-0.2, -0.15) is 5.26 Å². The highest BCUT2D eigenvalue weighted by molar-refractivity contribution is 6.01. The van der Waals surface area contributed by atoms with Gasteiger partial charge in [0.05, 0.1) is 6.04 Å². The number of nitrogens with one attached hydrogen (secondary N) is 1. The van der Waals surface area contributed by atoms with Crippen LogP contribution in [-0.2, 0) is 11.4 Å². The first-order chi connectivity index (χ1) is 14.2. The van der Waals surface area contributed by atoms with Crippen LogP contribution in [0.4, 0.5) is 0 Å². The predicted octanol–water partition coefficient (Wildman–Crippen LogP) is 4.44. The molecule has 0 radical (unpaired) electrons. The molecule has 1 atom stereocenters. The van der Waals surface area contributed by atoms with Gasteiger partial charge >= 0.3 is 0 Å². The monoisotopic (exact) mass is 383 g/mol. The van der Waals surface area contributed by atoms with Gasteiger partial charge in [0.2, 0.25) is 0 Å². The van der Waals surface area contributed by atoms with E-state index >= 15 is 0 Å². The number of hydrogen-bond donors (Lipinski definition) is 1. The highest BCUT2D eigenvalue weighted by Gasteiger charge is 2.13. The van der Waals surface area contributed by atoms with Crippen molar-refractivity contribution in [3.05, 3.63) is 101 Å². The van der Waals surface area contributed by atoms with Gasteiger partial charge in [-0.05, 0) is 54.0 Å². The van der Waals surface area contributed by atoms with Crippen LogP contribution in [0.25, 0.3) is 6.08 Å². The summed E-state index contributed by atoms with van der Waals surface area (Å²) < 4.78 is 5.73. The molecule has 3 rings (SSSR count). The highest BCUT2D eigenvalue weighted by atomic mass is 16.5. The molecule has 0 bridgehead atoms. The molecule has 0 aliphatic rings. The average Bonchev–Trinajstić information content (AvgIpc) is 2.78. The first-order valence-corrected chi connectivity index (χ1v) is 9.25. The van der Waals surface area contributed by atoms with Gasteiger partial charge in [0.15, 0.2) is 0 Å². The van der Waals surface area contributed by atoms with Gasteiger partial charge in [0.25, 0.3) is 5.91 Å². The number of carbonyl (C=O) groups excluding carboxylic acids is 1. The van der Waals surface area contributed by atoms with Crippen LogP contribution in [0.2, 0.25) is 0 Å². The van der Waals surface area contributed by atoms with Crippen molar-refractivity contribution >= 4 is 12.0 Å². The molecule has 0 aliphatic heterocycles. The molecule has 29 heavy (non-hydrogen) atoms. The van der Waals surface area contributed by atoms with Crippen molar-refractivity contribution in [3.63, 3.8) is 0 Å². The van der Waals surface area contributed by atoms with E-state index in [1.165, 1.54) is 0 Å². The molecule has 0 saturated carbocycles. The van der Waals surface area contributed by atoms with Crippen LogP contribution in [0.15, 0.2) is 84.7 Å². The molecule has 0 spiro atoms. The minimum atomic E-state index is -0.401. The average molecular weight is 383 g/mol. The largest absolute Gasteiger partial charge is 0.489 e. The summed E-state index contributed by atoms with van der Waals surface area (Å²) in [6, 6.07) is 22.4. The van der Waals surface area contributed by atoms with E-state index in [1.54, 1.807) is 18.5 Å². The van der Waals surface area contributed by atoms with Gasteiger partial charge in [-0.25, -0.2) is 0 Å². The van der Waals surface area contributed by atoms with Crippen LogP contribution in [0.3, 0.4) is 0 Å². The Kier molecular flexibility index (Phi) is 6.75. The molecule has 3 aromatic rings. The van der Waals surface area contributed by atoms with Crippen LogP contribution in [-0.4, -0.2) is 10.9 Å². The lowest BCUT2D eigenvalue weighted by Crippen LogP contribution is -2.27. The predicted molar refractivity (Wildman–Crippen MR) is 112 cm³/mol. The number of rotatable bonds is 7. The maximum atomic E-state index is 12.5. The fourth-order valence-electron chi connectivity index (χ4n) is 2.72. The Labute approximate surface area is 170 Å². The molecule has 1 N–H and O–H groups in total. The smallest absolute Gasteiger partial charge is 0.262 e. The van der Waals surface area contributed by atoms with Crippen LogP contribution in [0.5, 0.6) is 5.75 Å². The second-order valence-electron chi connectivity index (χ2n) is 6.49. The quantitative estimate of drug-likeness (QED) is 0.483. The van der Waals surface area contributed by atoms with Gasteiger partial charge in [0, 0.05) is 12.4 Å². The van der Waals surface area contributed by atoms with Crippen LogP contribution < -0.4 is 10.1 Å². The Morgan fingerprint density at radius 1 is 1.10 bits per heavy atom. The summed E-state index contributed by atoms with van der Waals surface area (Å²) in [6.45, 7) is 2.33. The molecule has 0 aliphatic carbocycles. The van der Waals surface area contributed by atoms with E-state index in [9.17, 15) is 10.1 Å². The van der Waals surface area contributed by atoms with Gasteiger partial charge < -0.3 is 10.1 Å². The standard InChI is InChI=1S/C24H21N3O2/c1-18(21-5-3-2-4-6-21)27-24(28)22(16-25)15-19-7-9-23(10-8-19)29-17-20-11-13-26-14-12-20/h2-15,18H,17H2,1H3,(H,27,28)/b22-15+. The molecule has 144 valence electrons. The molecule has 1 aromatic heterocycles. The number of carbonyl (C=O) groups is 1. The van der Waals surface area contributed by atoms with Gasteiger partial charge in [-0.3, -0.25) is 9.78 Å². The van der Waals surface area contributed by atoms with E-state index in [1.807, 2.05) is 79.7 Å². The molecule has 0 saturated heterocycles. The zero-order valence-electron chi connectivity index (χ0n) is 16.1. The maximum absolute atomic E-state index is 12.5. The lowest BCUT2D eigenvalue weighted by Gasteiger charge is -2.13. The van der Waals surface area contributed by atoms with E-state index in [0.717, 1.165) is 16.7 Å². The minimum Gasteiger partial charge on any atom is -0.489 e. The Bertz CT molecular complexity index is 1010. The summed E-state index contributed by atoms with van der Waals surface area (Å²) in [6.07, 6.45) is 5.01. The first-order valence-electron chi connectivity index (χ1n) is 9.25. The molecule has 0 fully saturated rings. The van der Waals surface area contributed by atoms with Crippen molar-refractivity contribution in [1.82, 2.24) is 10.3 Å². The summed E-state index contributed by atoms with van der Waals surface area (Å²) in [5, 5.41) is 12.3. The topological polar surface area (TPSA) is 75.0 Å². The summed E-state index contributed by atoms with van der Waals surface area (Å²) >= 11 is 0. The van der Waals surface area contributed by atoms with E-state index in [4.69, 9.17) is 4.74 Å². The van der Waals surface area contributed by atoms with Crippen LogP contribution >= 0.6 is 0 Å². The summed E-state index contributed by atoms with van der Waals surface area (Å²) in [4.78, 5) is 16.4. The van der Waals surface area contributed by atoms with E-state index in [2.05, 4.69) is 10.3 Å². The molecule has 1 unspecified atom stereocenters. The third-order valence-electron chi connectivity index (χ3n) is 4.36.